The number of nitrogens with zero attached hydrogens (tertiary/aromatic N) is 4. The molecule has 0 aliphatic rings. The quantitative estimate of drug-likeness (QED) is 0.612. The lowest BCUT2D eigenvalue weighted by molar-refractivity contribution is 0.558. The molecule has 0 radical (unpaired) electrons. The van der Waals surface area contributed by atoms with Crippen molar-refractivity contribution in [3.05, 3.63) is 36.8 Å². The summed E-state index contributed by atoms with van der Waals surface area (Å²) in [4.78, 5) is 5.08. The average molecular weight is 162 g/mol. The molecule has 0 N–H and O–H groups in total. The molecule has 0 aromatic carbocycles. The first-order valence-corrected chi connectivity index (χ1v) is 3.37. The van der Waals surface area contributed by atoms with Crippen LogP contribution in [0, 0.1) is 0 Å². The van der Waals surface area contributed by atoms with Crippen LogP contribution in [-0.4, -0.2) is 21.1 Å². The molecule has 2 aromatic rings. The van der Waals surface area contributed by atoms with Crippen LogP contribution in [0.5, 0.6) is 0 Å². The highest BCUT2D eigenvalue weighted by Crippen LogP contribution is 1.94. The summed E-state index contributed by atoms with van der Waals surface area (Å²) in [6.45, 7) is 0. The fourth-order valence-corrected chi connectivity index (χ4v) is 0.742. The molecule has 0 saturated heterocycles. The second kappa shape index (κ2) is 3.00. The minimum atomic E-state index is 0.686. The van der Waals surface area contributed by atoms with E-state index >= 15 is 0 Å². The van der Waals surface area contributed by atoms with Crippen LogP contribution in [0.1, 0.15) is 5.76 Å². The summed E-state index contributed by atoms with van der Waals surface area (Å²) in [5.74, 6) is 0.686. The summed E-state index contributed by atoms with van der Waals surface area (Å²) in [5.41, 5.74) is 0. The van der Waals surface area contributed by atoms with Gasteiger partial charge in [-0.25, -0.2) is 4.98 Å². The molecule has 0 unspecified atom stereocenters. The standard InChI is InChI=1S/C7H6N4O/c1-2-7(12-3-1)4-9-11-6-8-5-10-11/h1-6H/b9-4-. The Morgan fingerprint density at radius 2 is 2.58 bits per heavy atom. The van der Waals surface area contributed by atoms with Gasteiger partial charge in [-0.2, -0.15) is 5.10 Å². The second-order valence-electron chi connectivity index (χ2n) is 2.08. The van der Waals surface area contributed by atoms with Crippen LogP contribution < -0.4 is 0 Å². The topological polar surface area (TPSA) is 56.2 Å². The van der Waals surface area contributed by atoms with Gasteiger partial charge in [0, 0.05) is 0 Å². The smallest absolute Gasteiger partial charge is 0.146 e. The lowest BCUT2D eigenvalue weighted by Gasteiger charge is -1.85. The van der Waals surface area contributed by atoms with Crippen molar-refractivity contribution in [2.45, 2.75) is 0 Å². The lowest BCUT2D eigenvalue weighted by atomic mass is 10.5. The van der Waals surface area contributed by atoms with E-state index in [1.165, 1.54) is 17.4 Å². The molecule has 2 aromatic heterocycles. The molecule has 0 aliphatic heterocycles. The average Bonchev–Trinajstić information content (AvgIpc) is 2.74. The van der Waals surface area contributed by atoms with E-state index in [0.29, 0.717) is 5.76 Å². The van der Waals surface area contributed by atoms with Gasteiger partial charge in [0.1, 0.15) is 18.4 Å². The van der Waals surface area contributed by atoms with Crippen LogP contribution in [0.25, 0.3) is 0 Å². The normalized spacial score (nSPS) is 11.0. The van der Waals surface area contributed by atoms with E-state index in [-0.39, 0.29) is 0 Å². The Morgan fingerprint density at radius 3 is 3.25 bits per heavy atom. The van der Waals surface area contributed by atoms with Crippen molar-refractivity contribution in [3.63, 3.8) is 0 Å². The van der Waals surface area contributed by atoms with Gasteiger partial charge in [-0.3, -0.25) is 0 Å². The van der Waals surface area contributed by atoms with Crippen LogP contribution in [0.4, 0.5) is 0 Å². The maximum Gasteiger partial charge on any atom is 0.146 e. The molecule has 0 atom stereocenters. The van der Waals surface area contributed by atoms with Crippen molar-refractivity contribution in [1.82, 2.24) is 14.9 Å². The van der Waals surface area contributed by atoms with Crippen LogP contribution in [-0.2, 0) is 0 Å². The van der Waals surface area contributed by atoms with Gasteiger partial charge in [0.2, 0.25) is 0 Å². The second-order valence-corrected chi connectivity index (χ2v) is 2.08. The lowest BCUT2D eigenvalue weighted by Crippen LogP contribution is -1.88. The molecule has 2 heterocycles. The molecule has 2 rings (SSSR count). The summed E-state index contributed by atoms with van der Waals surface area (Å²) in [7, 11) is 0. The molecule has 12 heavy (non-hydrogen) atoms. The van der Waals surface area contributed by atoms with Gasteiger partial charge < -0.3 is 4.42 Å². The minimum absolute atomic E-state index is 0.686. The third-order valence-corrected chi connectivity index (χ3v) is 1.25. The molecular weight excluding hydrogens is 156 g/mol. The van der Waals surface area contributed by atoms with Crippen molar-refractivity contribution in [2.24, 2.45) is 5.10 Å². The van der Waals surface area contributed by atoms with Crippen molar-refractivity contribution in [1.29, 1.82) is 0 Å². The van der Waals surface area contributed by atoms with E-state index < -0.39 is 0 Å². The predicted molar refractivity (Wildman–Crippen MR) is 41.7 cm³/mol. The summed E-state index contributed by atoms with van der Waals surface area (Å²) >= 11 is 0. The van der Waals surface area contributed by atoms with E-state index in [9.17, 15) is 0 Å². The van der Waals surface area contributed by atoms with E-state index in [0.717, 1.165) is 0 Å². The minimum Gasteiger partial charge on any atom is -0.463 e. The molecule has 5 nitrogen and oxygen atoms in total. The first-order valence-electron chi connectivity index (χ1n) is 3.37. The van der Waals surface area contributed by atoms with Gasteiger partial charge in [0.15, 0.2) is 0 Å². The van der Waals surface area contributed by atoms with Crippen molar-refractivity contribution < 1.29 is 4.42 Å². The van der Waals surface area contributed by atoms with E-state index in [1.54, 1.807) is 24.6 Å². The highest BCUT2D eigenvalue weighted by Gasteiger charge is 1.88. The van der Waals surface area contributed by atoms with Gasteiger partial charge in [0.25, 0.3) is 0 Å². The fourth-order valence-electron chi connectivity index (χ4n) is 0.742. The summed E-state index contributed by atoms with van der Waals surface area (Å²) in [6.07, 6.45) is 6.07. The molecular formula is C7H6N4O. The highest BCUT2D eigenvalue weighted by molar-refractivity contribution is 5.75. The van der Waals surface area contributed by atoms with Gasteiger partial charge >= 0.3 is 0 Å². The highest BCUT2D eigenvalue weighted by atomic mass is 16.3. The molecule has 0 amide bonds. The summed E-state index contributed by atoms with van der Waals surface area (Å²) in [6, 6.07) is 3.60. The van der Waals surface area contributed by atoms with Gasteiger partial charge in [-0.1, -0.05) is 0 Å². The van der Waals surface area contributed by atoms with Gasteiger partial charge in [-0.15, -0.1) is 9.89 Å². The largest absolute Gasteiger partial charge is 0.463 e. The molecule has 0 bridgehead atoms. The first-order chi connectivity index (χ1) is 5.95. The van der Waals surface area contributed by atoms with Crippen molar-refractivity contribution in [2.75, 3.05) is 0 Å². The Labute approximate surface area is 68.3 Å². The fraction of sp³-hybridized carbons (Fsp3) is 0. The maximum absolute atomic E-state index is 5.02. The Bertz CT molecular complexity index is 312. The van der Waals surface area contributed by atoms with Gasteiger partial charge in [0.05, 0.1) is 12.5 Å². The third-order valence-electron chi connectivity index (χ3n) is 1.25. The monoisotopic (exact) mass is 162 g/mol. The SMILES string of the molecule is C(=N/n1cncn1)/c1ccco1. The van der Waals surface area contributed by atoms with E-state index in [1.807, 2.05) is 0 Å². The zero-order valence-corrected chi connectivity index (χ0v) is 6.16. The zero-order chi connectivity index (χ0) is 8.23. The van der Waals surface area contributed by atoms with E-state index in [2.05, 4.69) is 15.2 Å². The number of rotatable bonds is 2. The maximum atomic E-state index is 5.02. The van der Waals surface area contributed by atoms with Crippen LogP contribution in [0.2, 0.25) is 0 Å². The Hall–Kier alpha value is -1.91. The van der Waals surface area contributed by atoms with Crippen LogP contribution in [0.15, 0.2) is 40.6 Å². The molecule has 60 valence electrons. The summed E-state index contributed by atoms with van der Waals surface area (Å²) in [5, 5.41) is 7.71. The molecule has 5 heteroatoms. The van der Waals surface area contributed by atoms with Crippen molar-refractivity contribution >= 4 is 6.21 Å². The molecule has 0 aliphatic carbocycles. The van der Waals surface area contributed by atoms with E-state index in [4.69, 9.17) is 4.42 Å². The first kappa shape index (κ1) is 6.78. The predicted octanol–water partition coefficient (Wildman–Crippen LogP) is 0.753. The van der Waals surface area contributed by atoms with Crippen molar-refractivity contribution in [3.8, 4) is 0 Å². The number of furan rings is 1. The van der Waals surface area contributed by atoms with Gasteiger partial charge in [-0.05, 0) is 12.1 Å². The molecule has 0 fully saturated rings. The zero-order valence-electron chi connectivity index (χ0n) is 6.16. The Kier molecular flexibility index (Phi) is 1.69. The molecule has 0 spiro atoms. The molecule has 0 saturated carbocycles. The number of hydrogen-bond acceptors (Lipinski definition) is 4. The number of aromatic nitrogens is 3. The summed E-state index contributed by atoms with van der Waals surface area (Å²) < 4.78 is 5.02. The van der Waals surface area contributed by atoms with Crippen LogP contribution >= 0.6 is 0 Å². The Balaban J connectivity index is 2.14. The third kappa shape index (κ3) is 1.39. The Morgan fingerprint density at radius 1 is 1.58 bits per heavy atom. The van der Waals surface area contributed by atoms with Crippen LogP contribution in [0.3, 0.4) is 0 Å². The number of hydrogen-bond donors (Lipinski definition) is 0.